The molecule has 0 aliphatic rings. The van der Waals surface area contributed by atoms with E-state index in [9.17, 15) is 0 Å². The van der Waals surface area contributed by atoms with Crippen molar-refractivity contribution >= 4 is 0 Å². The fourth-order valence-corrected chi connectivity index (χ4v) is 0.567. The molecule has 0 rings (SSSR count). The van der Waals surface area contributed by atoms with E-state index in [2.05, 4.69) is 11.8 Å². The Balaban J connectivity index is 3.32. The fourth-order valence-electron chi connectivity index (χ4n) is 0.567. The van der Waals surface area contributed by atoms with Gasteiger partial charge in [0.25, 0.3) is 0 Å². The molecule has 0 amide bonds. The number of ether oxygens (including phenoxy) is 2. The van der Waals surface area contributed by atoms with Gasteiger partial charge in [-0.15, -0.1) is 0 Å². The molecular weight excluding hydrogens is 130 g/mol. The molecule has 1 atom stereocenters. The second kappa shape index (κ2) is 6.53. The van der Waals surface area contributed by atoms with Crippen molar-refractivity contribution in [3.05, 3.63) is 7.11 Å². The smallest absolute Gasteiger partial charge is 0.147 e. The molecule has 0 fully saturated rings. The summed E-state index contributed by atoms with van der Waals surface area (Å²) < 4.78 is 9.51. The van der Waals surface area contributed by atoms with E-state index in [1.807, 2.05) is 13.0 Å². The van der Waals surface area contributed by atoms with Crippen LogP contribution in [0.15, 0.2) is 0 Å². The maximum atomic E-state index is 8.28. The van der Waals surface area contributed by atoms with Gasteiger partial charge >= 0.3 is 0 Å². The van der Waals surface area contributed by atoms with E-state index in [1.54, 1.807) is 0 Å². The van der Waals surface area contributed by atoms with Crippen LogP contribution >= 0.6 is 0 Å². The van der Waals surface area contributed by atoms with Crippen LogP contribution in [-0.2, 0) is 9.47 Å². The van der Waals surface area contributed by atoms with Gasteiger partial charge in [-0.25, -0.2) is 0 Å². The molecule has 3 nitrogen and oxygen atoms in total. The van der Waals surface area contributed by atoms with Crippen LogP contribution in [0.3, 0.4) is 0 Å². The number of nitriles is 1. The van der Waals surface area contributed by atoms with E-state index >= 15 is 0 Å². The molecule has 0 saturated heterocycles. The summed E-state index contributed by atoms with van der Waals surface area (Å²) in [6.45, 7) is 2.13. The van der Waals surface area contributed by atoms with Gasteiger partial charge in [-0.2, -0.15) is 5.26 Å². The number of nitrogens with zero attached hydrogens (tertiary/aromatic N) is 1. The first kappa shape index (κ1) is 9.41. The Morgan fingerprint density at radius 2 is 2.40 bits per heavy atom. The van der Waals surface area contributed by atoms with Crippen LogP contribution in [0.25, 0.3) is 0 Å². The van der Waals surface area contributed by atoms with Crippen LogP contribution in [-0.4, -0.2) is 12.9 Å². The first-order valence-corrected chi connectivity index (χ1v) is 3.20. The monoisotopic (exact) mass is 142 g/mol. The third kappa shape index (κ3) is 4.30. The summed E-state index contributed by atoms with van der Waals surface area (Å²) in [7, 11) is 3.14. The summed E-state index contributed by atoms with van der Waals surface area (Å²) in [4.78, 5) is 0. The quantitative estimate of drug-likeness (QED) is 0.546. The second-order valence-electron chi connectivity index (χ2n) is 1.88. The maximum absolute atomic E-state index is 8.28. The van der Waals surface area contributed by atoms with Crippen LogP contribution in [0.4, 0.5) is 0 Å². The number of rotatable bonds is 5. The largest absolute Gasteiger partial charge is 0.353 e. The van der Waals surface area contributed by atoms with Gasteiger partial charge in [-0.3, -0.25) is 0 Å². The van der Waals surface area contributed by atoms with E-state index in [0.717, 1.165) is 6.42 Å². The molecule has 10 heavy (non-hydrogen) atoms. The fraction of sp³-hybridized carbons (Fsp3) is 0.714. The lowest BCUT2D eigenvalue weighted by Crippen LogP contribution is -2.11. The molecule has 0 aromatic rings. The lowest BCUT2D eigenvalue weighted by molar-refractivity contribution is -0.0581. The third-order valence-corrected chi connectivity index (χ3v) is 1.16. The lowest BCUT2D eigenvalue weighted by atomic mass is 10.2. The molecule has 0 bridgehead atoms. The average molecular weight is 142 g/mol. The Hall–Kier alpha value is -0.590. The summed E-state index contributed by atoms with van der Waals surface area (Å²) in [5.41, 5.74) is 0. The predicted octanol–water partition coefficient (Wildman–Crippen LogP) is 1.46. The van der Waals surface area contributed by atoms with Crippen molar-refractivity contribution in [3.8, 4) is 6.07 Å². The maximum Gasteiger partial charge on any atom is 0.147 e. The van der Waals surface area contributed by atoms with Gasteiger partial charge in [-0.05, 0) is 6.42 Å². The summed E-state index contributed by atoms with van der Waals surface area (Å²) in [5.74, 6) is 0. The van der Waals surface area contributed by atoms with Crippen molar-refractivity contribution in [2.75, 3.05) is 6.79 Å². The summed E-state index contributed by atoms with van der Waals surface area (Å²) in [6.07, 6.45) is 1.24. The summed E-state index contributed by atoms with van der Waals surface area (Å²) in [5, 5.41) is 8.28. The van der Waals surface area contributed by atoms with Gasteiger partial charge in [0.1, 0.15) is 6.79 Å². The highest BCUT2D eigenvalue weighted by atomic mass is 16.7. The normalized spacial score (nSPS) is 12.5. The Labute approximate surface area is 61.5 Å². The molecule has 0 aromatic carbocycles. The predicted molar refractivity (Wildman–Crippen MR) is 36.7 cm³/mol. The van der Waals surface area contributed by atoms with Gasteiger partial charge in [0.15, 0.2) is 0 Å². The molecule has 0 aromatic heterocycles. The average Bonchev–Trinajstić information content (AvgIpc) is 1.98. The lowest BCUT2D eigenvalue weighted by Gasteiger charge is -2.10. The Morgan fingerprint density at radius 3 is 2.80 bits per heavy atom. The second-order valence-corrected chi connectivity index (χ2v) is 1.88. The first-order chi connectivity index (χ1) is 4.85. The van der Waals surface area contributed by atoms with E-state index in [1.165, 1.54) is 0 Å². The van der Waals surface area contributed by atoms with Gasteiger partial charge in [0.2, 0.25) is 0 Å². The standard InChI is InChI=1S/C7H12NO2/c1-3-7(4-5-8)10-6-9-2/h7H,2-4,6H2,1H3. The van der Waals surface area contributed by atoms with Crippen LogP contribution in [0, 0.1) is 18.4 Å². The van der Waals surface area contributed by atoms with Gasteiger partial charge in [-0.1, -0.05) is 6.92 Å². The van der Waals surface area contributed by atoms with Crippen LogP contribution in [0.5, 0.6) is 0 Å². The molecule has 0 spiro atoms. The summed E-state index contributed by atoms with van der Waals surface area (Å²) in [6, 6.07) is 2.03. The molecule has 1 unspecified atom stereocenters. The molecule has 3 heteroatoms. The van der Waals surface area contributed by atoms with E-state index in [0.29, 0.717) is 6.42 Å². The Kier molecular flexibility index (Phi) is 6.14. The third-order valence-electron chi connectivity index (χ3n) is 1.16. The topological polar surface area (TPSA) is 42.2 Å². The van der Waals surface area contributed by atoms with Gasteiger partial charge in [0, 0.05) is 0 Å². The van der Waals surface area contributed by atoms with Crippen molar-refractivity contribution < 1.29 is 9.47 Å². The highest BCUT2D eigenvalue weighted by molar-refractivity contribution is 4.74. The van der Waals surface area contributed by atoms with Crippen molar-refractivity contribution in [1.82, 2.24) is 0 Å². The highest BCUT2D eigenvalue weighted by Crippen LogP contribution is 2.01. The molecule has 0 N–H and O–H groups in total. The first-order valence-electron chi connectivity index (χ1n) is 3.20. The number of hydrogen-bond donors (Lipinski definition) is 0. The minimum atomic E-state index is -0.00764. The molecule has 57 valence electrons. The Morgan fingerprint density at radius 1 is 1.70 bits per heavy atom. The van der Waals surface area contributed by atoms with Crippen molar-refractivity contribution in [2.24, 2.45) is 0 Å². The highest BCUT2D eigenvalue weighted by Gasteiger charge is 2.03. The number of hydrogen-bond acceptors (Lipinski definition) is 3. The van der Waals surface area contributed by atoms with E-state index < -0.39 is 0 Å². The molecule has 0 saturated carbocycles. The van der Waals surface area contributed by atoms with E-state index in [-0.39, 0.29) is 12.9 Å². The van der Waals surface area contributed by atoms with Crippen molar-refractivity contribution in [3.63, 3.8) is 0 Å². The van der Waals surface area contributed by atoms with Gasteiger partial charge in [0.05, 0.1) is 25.7 Å². The van der Waals surface area contributed by atoms with Crippen molar-refractivity contribution in [2.45, 2.75) is 25.9 Å². The van der Waals surface area contributed by atoms with Crippen LogP contribution in [0.1, 0.15) is 19.8 Å². The molecule has 0 heterocycles. The zero-order chi connectivity index (χ0) is 7.82. The van der Waals surface area contributed by atoms with Crippen LogP contribution in [0.2, 0.25) is 0 Å². The minimum Gasteiger partial charge on any atom is -0.353 e. The molecule has 0 aliphatic heterocycles. The molecule has 0 aliphatic carbocycles. The Bertz CT molecular complexity index is 109. The van der Waals surface area contributed by atoms with Gasteiger partial charge < -0.3 is 9.47 Å². The van der Waals surface area contributed by atoms with Crippen molar-refractivity contribution in [1.29, 1.82) is 5.26 Å². The summed E-state index contributed by atoms with van der Waals surface area (Å²) >= 11 is 0. The van der Waals surface area contributed by atoms with Crippen LogP contribution < -0.4 is 0 Å². The minimum absolute atomic E-state index is 0.00764. The van der Waals surface area contributed by atoms with E-state index in [4.69, 9.17) is 10.00 Å². The zero-order valence-electron chi connectivity index (χ0n) is 6.17. The SMILES string of the molecule is [CH2]OCOC(CC)CC#N. The molecule has 1 radical (unpaired) electrons. The zero-order valence-corrected chi connectivity index (χ0v) is 6.17. The molecular formula is C7H12NO2.